The summed E-state index contributed by atoms with van der Waals surface area (Å²) in [6.07, 6.45) is 1.07. The lowest BCUT2D eigenvalue weighted by atomic mass is 10.1. The van der Waals surface area contributed by atoms with Crippen molar-refractivity contribution < 1.29 is 0 Å². The Labute approximate surface area is 127 Å². The molecule has 1 atom stereocenters. The number of nitrogens with one attached hydrogen (secondary N) is 3. The van der Waals surface area contributed by atoms with Crippen LogP contribution in [0.25, 0.3) is 11.0 Å². The van der Waals surface area contributed by atoms with Gasteiger partial charge in [0.05, 0.1) is 11.0 Å². The third kappa shape index (κ3) is 2.94. The molecule has 0 aliphatic rings. The molecule has 0 amide bonds. The van der Waals surface area contributed by atoms with Crippen molar-refractivity contribution in [3.63, 3.8) is 0 Å². The van der Waals surface area contributed by atoms with Gasteiger partial charge in [-0.3, -0.25) is 0 Å². The summed E-state index contributed by atoms with van der Waals surface area (Å²) in [7, 11) is 0. The van der Waals surface area contributed by atoms with Crippen LogP contribution >= 0.6 is 11.3 Å². The van der Waals surface area contributed by atoms with Crippen LogP contribution in [0.5, 0.6) is 0 Å². The number of aromatic amines is 2. The maximum atomic E-state index is 11.3. The third-order valence-electron chi connectivity index (χ3n) is 3.83. The first-order valence-corrected chi connectivity index (χ1v) is 8.06. The van der Waals surface area contributed by atoms with Crippen LogP contribution in [0, 0.1) is 0 Å². The average molecular weight is 301 g/mol. The molecule has 1 aromatic carbocycles. The van der Waals surface area contributed by atoms with Crippen LogP contribution in [0.2, 0.25) is 0 Å². The fourth-order valence-electron chi connectivity index (χ4n) is 2.52. The van der Waals surface area contributed by atoms with Crippen molar-refractivity contribution in [1.82, 2.24) is 15.3 Å². The monoisotopic (exact) mass is 301 g/mol. The van der Waals surface area contributed by atoms with Crippen LogP contribution in [-0.2, 0) is 13.0 Å². The number of hydrogen-bond donors (Lipinski definition) is 3. The summed E-state index contributed by atoms with van der Waals surface area (Å²) in [6, 6.07) is 8.46. The third-order valence-corrected chi connectivity index (χ3v) is 4.79. The highest BCUT2D eigenvalue weighted by Crippen LogP contribution is 2.20. The topological polar surface area (TPSA) is 60.7 Å². The van der Waals surface area contributed by atoms with Gasteiger partial charge in [0.2, 0.25) is 0 Å². The van der Waals surface area contributed by atoms with Gasteiger partial charge in [-0.05, 0) is 48.1 Å². The Hall–Kier alpha value is -1.85. The normalized spacial score (nSPS) is 12.9. The highest BCUT2D eigenvalue weighted by Gasteiger charge is 2.09. The smallest absolute Gasteiger partial charge is 0.306 e. The lowest BCUT2D eigenvalue weighted by Gasteiger charge is -2.14. The highest BCUT2D eigenvalue weighted by atomic mass is 32.1. The molecule has 3 aromatic rings. The molecule has 0 aliphatic heterocycles. The Kier molecular flexibility index (Phi) is 3.94. The van der Waals surface area contributed by atoms with Gasteiger partial charge in [-0.1, -0.05) is 13.0 Å². The molecule has 0 aliphatic carbocycles. The molecule has 0 radical (unpaired) electrons. The van der Waals surface area contributed by atoms with Crippen LogP contribution in [0.4, 0.5) is 0 Å². The fraction of sp³-hybridized carbons (Fsp3) is 0.312. The quantitative estimate of drug-likeness (QED) is 0.677. The van der Waals surface area contributed by atoms with Gasteiger partial charge in [0.1, 0.15) is 0 Å². The first-order chi connectivity index (χ1) is 10.2. The molecule has 0 saturated heterocycles. The molecule has 3 rings (SSSR count). The van der Waals surface area contributed by atoms with Gasteiger partial charge in [0.15, 0.2) is 0 Å². The van der Waals surface area contributed by atoms with E-state index in [1.165, 1.54) is 16.0 Å². The summed E-state index contributed by atoms with van der Waals surface area (Å²) in [5.41, 5.74) is 4.14. The first-order valence-electron chi connectivity index (χ1n) is 7.18. The number of imidazole rings is 1. The number of fused-ring (bicyclic) bond motifs is 1. The molecular weight excluding hydrogens is 282 g/mol. The second-order valence-corrected chi connectivity index (χ2v) is 6.21. The van der Waals surface area contributed by atoms with E-state index in [0.717, 1.165) is 24.0 Å². The molecule has 4 nitrogen and oxygen atoms in total. The summed E-state index contributed by atoms with van der Waals surface area (Å²) in [4.78, 5) is 18.3. The number of benzene rings is 1. The summed E-state index contributed by atoms with van der Waals surface area (Å²) in [6.45, 7) is 5.21. The zero-order valence-corrected chi connectivity index (χ0v) is 13.0. The van der Waals surface area contributed by atoms with E-state index >= 15 is 0 Å². The number of aromatic nitrogens is 2. The molecule has 21 heavy (non-hydrogen) atoms. The Balaban J connectivity index is 1.74. The molecule has 1 unspecified atom stereocenters. The Morgan fingerprint density at radius 1 is 1.24 bits per heavy atom. The Bertz CT molecular complexity index is 799. The molecular formula is C16H19N3OS. The van der Waals surface area contributed by atoms with E-state index in [2.05, 4.69) is 46.6 Å². The number of aryl methyl sites for hydroxylation is 1. The van der Waals surface area contributed by atoms with Gasteiger partial charge in [0, 0.05) is 17.5 Å². The molecule has 2 heterocycles. The summed E-state index contributed by atoms with van der Waals surface area (Å²) >= 11 is 1.80. The summed E-state index contributed by atoms with van der Waals surface area (Å²) < 4.78 is 0. The standard InChI is InChI=1S/C16H19N3OS/c1-3-11-6-7-21-15(11)9-17-10(2)12-4-5-13-14(8-12)19-16(20)18-13/h4-8,10,17H,3,9H2,1-2H3,(H2,18,19,20). The van der Waals surface area contributed by atoms with Crippen LogP contribution in [0.3, 0.4) is 0 Å². The number of thiophene rings is 1. The maximum Gasteiger partial charge on any atom is 0.323 e. The second kappa shape index (κ2) is 5.87. The van der Waals surface area contributed by atoms with Crippen molar-refractivity contribution >= 4 is 22.4 Å². The van der Waals surface area contributed by atoms with E-state index in [1.807, 2.05) is 12.1 Å². The minimum Gasteiger partial charge on any atom is -0.306 e. The van der Waals surface area contributed by atoms with Gasteiger partial charge in [-0.25, -0.2) is 4.79 Å². The van der Waals surface area contributed by atoms with E-state index in [9.17, 15) is 4.79 Å². The Morgan fingerprint density at radius 2 is 2.05 bits per heavy atom. The molecule has 0 spiro atoms. The molecule has 2 aromatic heterocycles. The first kappa shape index (κ1) is 14.1. The minimum atomic E-state index is -0.158. The van der Waals surface area contributed by atoms with Gasteiger partial charge >= 0.3 is 5.69 Å². The van der Waals surface area contributed by atoms with E-state index in [1.54, 1.807) is 11.3 Å². The van der Waals surface area contributed by atoms with Crippen LogP contribution in [-0.4, -0.2) is 9.97 Å². The molecule has 110 valence electrons. The van der Waals surface area contributed by atoms with Gasteiger partial charge < -0.3 is 15.3 Å². The van der Waals surface area contributed by atoms with Crippen molar-refractivity contribution in [2.75, 3.05) is 0 Å². The largest absolute Gasteiger partial charge is 0.323 e. The zero-order chi connectivity index (χ0) is 14.8. The molecule has 3 N–H and O–H groups in total. The fourth-order valence-corrected chi connectivity index (χ4v) is 3.45. The maximum absolute atomic E-state index is 11.3. The van der Waals surface area contributed by atoms with Gasteiger partial charge in [-0.15, -0.1) is 11.3 Å². The van der Waals surface area contributed by atoms with Crippen LogP contribution in [0.1, 0.15) is 35.9 Å². The molecule has 0 fully saturated rings. The van der Waals surface area contributed by atoms with E-state index in [0.29, 0.717) is 0 Å². The summed E-state index contributed by atoms with van der Waals surface area (Å²) in [5, 5.41) is 5.71. The predicted molar refractivity (Wildman–Crippen MR) is 87.9 cm³/mol. The van der Waals surface area contributed by atoms with Crippen LogP contribution in [0.15, 0.2) is 34.4 Å². The number of hydrogen-bond acceptors (Lipinski definition) is 3. The summed E-state index contributed by atoms with van der Waals surface area (Å²) in [5.74, 6) is 0. The van der Waals surface area contributed by atoms with E-state index in [-0.39, 0.29) is 11.7 Å². The SMILES string of the molecule is CCc1ccsc1CNC(C)c1ccc2[nH]c(=O)[nH]c2c1. The van der Waals surface area contributed by atoms with E-state index < -0.39 is 0 Å². The van der Waals surface area contributed by atoms with Crippen molar-refractivity contribution in [2.24, 2.45) is 0 Å². The highest BCUT2D eigenvalue weighted by molar-refractivity contribution is 7.10. The van der Waals surface area contributed by atoms with Gasteiger partial charge in [0.25, 0.3) is 0 Å². The van der Waals surface area contributed by atoms with E-state index in [4.69, 9.17) is 0 Å². The molecule has 0 bridgehead atoms. The van der Waals surface area contributed by atoms with Crippen molar-refractivity contribution in [2.45, 2.75) is 32.9 Å². The van der Waals surface area contributed by atoms with Gasteiger partial charge in [-0.2, -0.15) is 0 Å². The lowest BCUT2D eigenvalue weighted by Crippen LogP contribution is -2.18. The zero-order valence-electron chi connectivity index (χ0n) is 12.2. The van der Waals surface area contributed by atoms with Crippen LogP contribution < -0.4 is 11.0 Å². The predicted octanol–water partition coefficient (Wildman–Crippen LogP) is 3.33. The molecule has 0 saturated carbocycles. The second-order valence-electron chi connectivity index (χ2n) is 5.21. The van der Waals surface area contributed by atoms with Crippen molar-refractivity contribution in [3.8, 4) is 0 Å². The average Bonchev–Trinajstić information content (AvgIpc) is 3.08. The Morgan fingerprint density at radius 3 is 2.86 bits per heavy atom. The van der Waals surface area contributed by atoms with Crippen molar-refractivity contribution in [3.05, 3.63) is 56.1 Å². The number of rotatable bonds is 5. The lowest BCUT2D eigenvalue weighted by molar-refractivity contribution is 0.577. The number of H-pyrrole nitrogens is 2. The van der Waals surface area contributed by atoms with Crippen molar-refractivity contribution in [1.29, 1.82) is 0 Å². The minimum absolute atomic E-state index is 0.158. The molecule has 5 heteroatoms.